The Bertz CT molecular complexity index is 722. The van der Waals surface area contributed by atoms with E-state index in [4.69, 9.17) is 23.5 Å². The second-order valence-electron chi connectivity index (χ2n) is 9.79. The van der Waals surface area contributed by atoms with Crippen molar-refractivity contribution in [1.82, 2.24) is 0 Å². The minimum atomic E-state index is -1.33. The summed E-state index contributed by atoms with van der Waals surface area (Å²) in [6.45, 7) is 13.3. The summed E-state index contributed by atoms with van der Waals surface area (Å²) >= 11 is 0. The molecule has 1 fully saturated rings. The van der Waals surface area contributed by atoms with Gasteiger partial charge in [-0.1, -0.05) is 38.8 Å². The lowest BCUT2D eigenvalue weighted by Gasteiger charge is -2.32. The van der Waals surface area contributed by atoms with E-state index in [1.165, 1.54) is 0 Å². The lowest BCUT2D eigenvalue weighted by molar-refractivity contribution is -0.115. The Morgan fingerprint density at radius 3 is 2.00 bits per heavy atom. The van der Waals surface area contributed by atoms with Crippen LogP contribution < -0.4 is 10.2 Å². The highest BCUT2D eigenvalue weighted by Gasteiger charge is 2.53. The van der Waals surface area contributed by atoms with E-state index in [0.717, 1.165) is 32.0 Å². The minimum absolute atomic E-state index is 0.0555. The third-order valence-corrected chi connectivity index (χ3v) is 6.24. The number of hydrogen-bond donors (Lipinski definition) is 1. The first kappa shape index (κ1) is 27.8. The van der Waals surface area contributed by atoms with Crippen LogP contribution in [0.1, 0.15) is 77.6 Å². The Morgan fingerprint density at radius 1 is 0.970 bits per heavy atom. The highest BCUT2D eigenvalue weighted by atomic mass is 16.7. The van der Waals surface area contributed by atoms with E-state index in [1.807, 2.05) is 27.7 Å². The summed E-state index contributed by atoms with van der Waals surface area (Å²) in [7, 11) is -0.763. The number of unbranched alkanes of at least 4 members (excludes halogenated alkanes) is 2. The van der Waals surface area contributed by atoms with Crippen molar-refractivity contribution < 1.29 is 33.4 Å². The summed E-state index contributed by atoms with van der Waals surface area (Å²) in [5, 5.41) is 11.2. The first-order chi connectivity index (χ1) is 15.6. The summed E-state index contributed by atoms with van der Waals surface area (Å²) in [5.74, 6) is 0.429. The molecule has 0 saturated carbocycles. The molecule has 0 aromatic heterocycles. The Hall–Kier alpha value is -1.45. The van der Waals surface area contributed by atoms with Gasteiger partial charge in [0.25, 0.3) is 0 Å². The lowest BCUT2D eigenvalue weighted by Crippen LogP contribution is -2.46. The Morgan fingerprint density at radius 2 is 1.52 bits per heavy atom. The van der Waals surface area contributed by atoms with Crippen LogP contribution >= 0.6 is 0 Å². The van der Waals surface area contributed by atoms with Gasteiger partial charge in [0, 0.05) is 24.2 Å². The van der Waals surface area contributed by atoms with E-state index in [0.29, 0.717) is 30.0 Å². The number of aliphatic hydroxyl groups is 1. The average molecular weight is 464 g/mol. The number of aldehydes is 1. The van der Waals surface area contributed by atoms with Gasteiger partial charge in [-0.15, -0.1) is 0 Å². The van der Waals surface area contributed by atoms with E-state index in [1.54, 1.807) is 18.2 Å². The van der Waals surface area contributed by atoms with Crippen molar-refractivity contribution in [2.75, 3.05) is 33.0 Å². The molecule has 0 atom stereocenters. The predicted molar refractivity (Wildman–Crippen MR) is 129 cm³/mol. The van der Waals surface area contributed by atoms with Crippen LogP contribution in [0.4, 0.5) is 0 Å². The maximum absolute atomic E-state index is 11.8. The van der Waals surface area contributed by atoms with Gasteiger partial charge in [-0.3, -0.25) is 4.79 Å². The van der Waals surface area contributed by atoms with E-state index < -0.39 is 23.9 Å². The zero-order valence-corrected chi connectivity index (χ0v) is 21.1. The molecule has 1 aliphatic rings. The Kier molecular flexibility index (Phi) is 10.4. The SMILES string of the molecule is CCCCOCC(O)(COCCCC)COc1cccc(C=O)c1B1OC(C)(C)C(C)(C)O1. The largest absolute Gasteiger partial charge is 0.499 e. The van der Waals surface area contributed by atoms with Gasteiger partial charge in [-0.2, -0.15) is 0 Å². The lowest BCUT2D eigenvalue weighted by atomic mass is 9.75. The molecule has 8 heteroatoms. The molecule has 0 unspecified atom stereocenters. The van der Waals surface area contributed by atoms with E-state index in [9.17, 15) is 9.90 Å². The van der Waals surface area contributed by atoms with E-state index in [-0.39, 0.29) is 19.8 Å². The second kappa shape index (κ2) is 12.3. The highest BCUT2D eigenvalue weighted by Crippen LogP contribution is 2.37. The molecule has 1 heterocycles. The van der Waals surface area contributed by atoms with Crippen molar-refractivity contribution in [1.29, 1.82) is 0 Å². The number of rotatable bonds is 15. The number of hydrogen-bond acceptors (Lipinski definition) is 7. The molecule has 186 valence electrons. The van der Waals surface area contributed by atoms with Crippen LogP contribution in [0.25, 0.3) is 0 Å². The first-order valence-electron chi connectivity index (χ1n) is 12.0. The van der Waals surface area contributed by atoms with Crippen LogP contribution in [0.2, 0.25) is 0 Å². The monoisotopic (exact) mass is 464 g/mol. The van der Waals surface area contributed by atoms with Gasteiger partial charge in [0.2, 0.25) is 0 Å². The quantitative estimate of drug-likeness (QED) is 0.242. The van der Waals surface area contributed by atoms with Crippen molar-refractivity contribution in [3.05, 3.63) is 23.8 Å². The van der Waals surface area contributed by atoms with Gasteiger partial charge in [-0.05, 0) is 46.6 Å². The van der Waals surface area contributed by atoms with Crippen LogP contribution in [0.15, 0.2) is 18.2 Å². The fraction of sp³-hybridized carbons (Fsp3) is 0.720. The van der Waals surface area contributed by atoms with Gasteiger partial charge >= 0.3 is 7.12 Å². The predicted octanol–water partition coefficient (Wildman–Crippen LogP) is 3.54. The molecule has 1 aromatic rings. The molecule has 1 aliphatic heterocycles. The standard InChI is InChI=1S/C25H41BO7/c1-7-9-14-29-17-25(28,18-30-15-10-8-2)19-31-21-13-11-12-20(16-27)22(21)26-32-23(3,4)24(5,6)33-26/h11-13,16,28H,7-10,14-15,17-19H2,1-6H3. The molecule has 1 aromatic carbocycles. The summed E-state index contributed by atoms with van der Waals surface area (Å²) in [6, 6.07) is 5.19. The number of benzene rings is 1. The maximum Gasteiger partial charge on any atom is 0.499 e. The highest BCUT2D eigenvalue weighted by molar-refractivity contribution is 6.64. The normalized spacial score (nSPS) is 17.4. The van der Waals surface area contributed by atoms with Crippen molar-refractivity contribution in [3.63, 3.8) is 0 Å². The molecule has 1 saturated heterocycles. The molecular formula is C25H41BO7. The van der Waals surface area contributed by atoms with Gasteiger partial charge in [-0.25, -0.2) is 0 Å². The van der Waals surface area contributed by atoms with Crippen molar-refractivity contribution in [3.8, 4) is 5.75 Å². The zero-order valence-electron chi connectivity index (χ0n) is 21.1. The van der Waals surface area contributed by atoms with Gasteiger partial charge in [0.15, 0.2) is 0 Å². The topological polar surface area (TPSA) is 83.5 Å². The van der Waals surface area contributed by atoms with E-state index in [2.05, 4.69) is 13.8 Å². The van der Waals surface area contributed by atoms with Crippen LogP contribution in [0.5, 0.6) is 5.75 Å². The summed E-state index contributed by atoms with van der Waals surface area (Å²) in [4.78, 5) is 11.8. The molecule has 0 spiro atoms. The van der Waals surface area contributed by atoms with E-state index >= 15 is 0 Å². The summed E-state index contributed by atoms with van der Waals surface area (Å²) in [6.07, 6.45) is 4.62. The van der Waals surface area contributed by atoms with Crippen LogP contribution in [0, 0.1) is 0 Å². The molecule has 0 bridgehead atoms. The van der Waals surface area contributed by atoms with Gasteiger partial charge < -0.3 is 28.6 Å². The van der Waals surface area contributed by atoms with Crippen molar-refractivity contribution >= 4 is 18.9 Å². The maximum atomic E-state index is 11.8. The number of carbonyl (C=O) groups excluding carboxylic acids is 1. The average Bonchev–Trinajstić information content (AvgIpc) is 2.99. The Balaban J connectivity index is 2.20. The smallest absolute Gasteiger partial charge is 0.491 e. The van der Waals surface area contributed by atoms with Gasteiger partial charge in [0.1, 0.15) is 24.2 Å². The van der Waals surface area contributed by atoms with Crippen LogP contribution in [0.3, 0.4) is 0 Å². The first-order valence-corrected chi connectivity index (χ1v) is 12.0. The number of carbonyl (C=O) groups is 1. The fourth-order valence-electron chi connectivity index (χ4n) is 3.36. The molecule has 0 aliphatic carbocycles. The van der Waals surface area contributed by atoms with Gasteiger partial charge in [0.05, 0.1) is 24.4 Å². The van der Waals surface area contributed by atoms with Crippen molar-refractivity contribution in [2.24, 2.45) is 0 Å². The zero-order chi connectivity index (χ0) is 24.5. The summed E-state index contributed by atoms with van der Waals surface area (Å²) in [5.41, 5.74) is -1.51. The van der Waals surface area contributed by atoms with Crippen molar-refractivity contribution in [2.45, 2.75) is 84.0 Å². The molecule has 2 rings (SSSR count). The third kappa shape index (κ3) is 7.52. The third-order valence-electron chi connectivity index (χ3n) is 6.24. The Labute approximate surface area is 199 Å². The number of ether oxygens (including phenoxy) is 3. The molecule has 0 radical (unpaired) electrons. The molecule has 1 N–H and O–H groups in total. The van der Waals surface area contributed by atoms with Crippen LogP contribution in [-0.4, -0.2) is 68.3 Å². The second-order valence-corrected chi connectivity index (χ2v) is 9.79. The van der Waals surface area contributed by atoms with Crippen LogP contribution in [-0.2, 0) is 18.8 Å². The molecule has 0 amide bonds. The fourth-order valence-corrected chi connectivity index (χ4v) is 3.36. The minimum Gasteiger partial charge on any atom is -0.491 e. The molecule has 33 heavy (non-hydrogen) atoms. The molecular weight excluding hydrogens is 423 g/mol. The molecule has 7 nitrogen and oxygen atoms in total. The summed E-state index contributed by atoms with van der Waals surface area (Å²) < 4.78 is 29.8.